The van der Waals surface area contributed by atoms with Crippen LogP contribution in [0.25, 0.3) is 0 Å². The Bertz CT molecular complexity index is 344. The van der Waals surface area contributed by atoms with Crippen molar-refractivity contribution in [2.75, 3.05) is 13.1 Å². The van der Waals surface area contributed by atoms with E-state index in [0.717, 1.165) is 19.3 Å². The van der Waals surface area contributed by atoms with Crippen molar-refractivity contribution < 1.29 is 9.59 Å². The summed E-state index contributed by atoms with van der Waals surface area (Å²) in [6, 6.07) is 0.191. The van der Waals surface area contributed by atoms with Gasteiger partial charge in [-0.3, -0.25) is 9.59 Å². The van der Waals surface area contributed by atoms with E-state index in [1.807, 2.05) is 13.8 Å². The van der Waals surface area contributed by atoms with Gasteiger partial charge >= 0.3 is 0 Å². The number of hydrogen-bond donors (Lipinski definition) is 3. The van der Waals surface area contributed by atoms with Gasteiger partial charge in [-0.2, -0.15) is 0 Å². The fraction of sp³-hybridized carbons (Fsp3) is 0.875. The average Bonchev–Trinajstić information content (AvgIpc) is 2.47. The summed E-state index contributed by atoms with van der Waals surface area (Å²) in [5.74, 6) is 0.0227. The van der Waals surface area contributed by atoms with Gasteiger partial charge in [0.05, 0.1) is 0 Å². The first-order chi connectivity index (χ1) is 10.0. The van der Waals surface area contributed by atoms with Gasteiger partial charge in [0.15, 0.2) is 0 Å². The van der Waals surface area contributed by atoms with Crippen LogP contribution in [0, 0.1) is 5.41 Å². The second kappa shape index (κ2) is 10.8. The van der Waals surface area contributed by atoms with Gasteiger partial charge in [0, 0.05) is 25.4 Å². The summed E-state index contributed by atoms with van der Waals surface area (Å²) in [5.41, 5.74) is 5.88. The Hall–Kier alpha value is -0.810. The fourth-order valence-corrected chi connectivity index (χ4v) is 2.92. The maximum Gasteiger partial charge on any atom is 0.221 e. The van der Waals surface area contributed by atoms with Crippen LogP contribution >= 0.6 is 12.4 Å². The molecule has 0 aromatic heterocycles. The molecular weight excluding hydrogens is 302 g/mol. The third-order valence-electron chi connectivity index (χ3n) is 4.58. The number of carbonyl (C=O) groups excluding carboxylic acids is 2. The fourth-order valence-electron chi connectivity index (χ4n) is 2.92. The van der Waals surface area contributed by atoms with Crippen LogP contribution in [0.1, 0.15) is 65.2 Å². The van der Waals surface area contributed by atoms with Gasteiger partial charge in [-0.05, 0) is 38.1 Å². The Labute approximate surface area is 140 Å². The van der Waals surface area contributed by atoms with E-state index in [0.29, 0.717) is 25.9 Å². The smallest absolute Gasteiger partial charge is 0.221 e. The van der Waals surface area contributed by atoms with E-state index < -0.39 is 0 Å². The molecule has 0 aromatic carbocycles. The second-order valence-electron chi connectivity index (χ2n) is 6.42. The van der Waals surface area contributed by atoms with Crippen LogP contribution in [0.15, 0.2) is 0 Å². The van der Waals surface area contributed by atoms with Crippen LogP contribution in [0.3, 0.4) is 0 Å². The molecule has 130 valence electrons. The van der Waals surface area contributed by atoms with Crippen molar-refractivity contribution in [2.24, 2.45) is 11.1 Å². The van der Waals surface area contributed by atoms with E-state index in [2.05, 4.69) is 10.6 Å². The van der Waals surface area contributed by atoms with Gasteiger partial charge in [-0.1, -0.05) is 26.2 Å². The lowest BCUT2D eigenvalue weighted by molar-refractivity contribution is -0.124. The maximum absolute atomic E-state index is 12.0. The number of nitrogens with two attached hydrogens (primary N) is 1. The van der Waals surface area contributed by atoms with Gasteiger partial charge in [0.1, 0.15) is 0 Å². The van der Waals surface area contributed by atoms with Gasteiger partial charge in [-0.15, -0.1) is 12.4 Å². The molecule has 0 saturated heterocycles. The van der Waals surface area contributed by atoms with Crippen molar-refractivity contribution in [1.82, 2.24) is 10.6 Å². The topological polar surface area (TPSA) is 84.2 Å². The normalized spacial score (nSPS) is 18.0. The predicted molar refractivity (Wildman–Crippen MR) is 92.0 cm³/mol. The summed E-state index contributed by atoms with van der Waals surface area (Å²) in [7, 11) is 0. The Kier molecular flexibility index (Phi) is 10.4. The SMILES string of the molecule is CCC(C)NC(=O)CCNC(=O)CC1(CN)CCCCC1.Cl. The van der Waals surface area contributed by atoms with Crippen LogP contribution < -0.4 is 16.4 Å². The van der Waals surface area contributed by atoms with E-state index in [4.69, 9.17) is 5.73 Å². The highest BCUT2D eigenvalue weighted by Gasteiger charge is 2.32. The first-order valence-electron chi connectivity index (χ1n) is 8.27. The van der Waals surface area contributed by atoms with E-state index in [-0.39, 0.29) is 35.7 Å². The summed E-state index contributed by atoms with van der Waals surface area (Å²) in [5, 5.41) is 5.75. The van der Waals surface area contributed by atoms with Gasteiger partial charge in [0.2, 0.25) is 11.8 Å². The molecular formula is C16H32ClN3O2. The molecule has 1 fully saturated rings. The average molecular weight is 334 g/mol. The number of hydrogen-bond acceptors (Lipinski definition) is 3. The van der Waals surface area contributed by atoms with Crippen molar-refractivity contribution in [3.05, 3.63) is 0 Å². The number of halogens is 1. The molecule has 1 aliphatic rings. The van der Waals surface area contributed by atoms with Crippen molar-refractivity contribution in [3.63, 3.8) is 0 Å². The zero-order valence-corrected chi connectivity index (χ0v) is 14.8. The highest BCUT2D eigenvalue weighted by Crippen LogP contribution is 2.38. The molecule has 1 aliphatic carbocycles. The lowest BCUT2D eigenvalue weighted by Gasteiger charge is -2.35. The molecule has 1 unspecified atom stereocenters. The molecule has 0 aliphatic heterocycles. The predicted octanol–water partition coefficient (Wildman–Crippen LogP) is 2.13. The lowest BCUT2D eigenvalue weighted by Crippen LogP contribution is -2.40. The van der Waals surface area contributed by atoms with E-state index in [9.17, 15) is 9.59 Å². The maximum atomic E-state index is 12.0. The van der Waals surface area contributed by atoms with E-state index in [1.165, 1.54) is 19.3 Å². The minimum Gasteiger partial charge on any atom is -0.356 e. The van der Waals surface area contributed by atoms with Crippen LogP contribution in [0.2, 0.25) is 0 Å². The van der Waals surface area contributed by atoms with Crippen LogP contribution in [-0.2, 0) is 9.59 Å². The summed E-state index contributed by atoms with van der Waals surface area (Å²) in [6.07, 6.45) is 7.43. The Morgan fingerprint density at radius 2 is 1.82 bits per heavy atom. The number of nitrogens with one attached hydrogen (secondary N) is 2. The number of amides is 2. The number of carbonyl (C=O) groups is 2. The van der Waals surface area contributed by atoms with Crippen LogP contribution in [0.5, 0.6) is 0 Å². The van der Waals surface area contributed by atoms with Crippen LogP contribution in [-0.4, -0.2) is 30.9 Å². The molecule has 2 amide bonds. The van der Waals surface area contributed by atoms with Gasteiger partial charge < -0.3 is 16.4 Å². The molecule has 0 spiro atoms. The molecule has 1 saturated carbocycles. The minimum atomic E-state index is -0.0126. The molecule has 1 rings (SSSR count). The zero-order chi connectivity index (χ0) is 15.7. The Morgan fingerprint density at radius 1 is 1.18 bits per heavy atom. The summed E-state index contributed by atoms with van der Waals surface area (Å²) in [6.45, 7) is 4.99. The van der Waals surface area contributed by atoms with E-state index >= 15 is 0 Å². The molecule has 0 radical (unpaired) electrons. The molecule has 22 heavy (non-hydrogen) atoms. The third-order valence-corrected chi connectivity index (χ3v) is 4.58. The summed E-state index contributed by atoms with van der Waals surface area (Å²) in [4.78, 5) is 23.7. The third kappa shape index (κ3) is 7.45. The van der Waals surface area contributed by atoms with Crippen molar-refractivity contribution in [2.45, 2.75) is 71.3 Å². The van der Waals surface area contributed by atoms with Gasteiger partial charge in [-0.25, -0.2) is 0 Å². The standard InChI is InChI=1S/C16H31N3O2.ClH/c1-3-13(2)19-14(20)7-10-18-15(21)11-16(12-17)8-5-4-6-9-16;/h13H,3-12,17H2,1-2H3,(H,18,21)(H,19,20);1H. The Morgan fingerprint density at radius 3 is 2.36 bits per heavy atom. The molecule has 0 aromatic rings. The quantitative estimate of drug-likeness (QED) is 0.636. The van der Waals surface area contributed by atoms with Crippen LogP contribution in [0.4, 0.5) is 0 Å². The number of rotatable bonds is 8. The highest BCUT2D eigenvalue weighted by atomic mass is 35.5. The van der Waals surface area contributed by atoms with Gasteiger partial charge in [0.25, 0.3) is 0 Å². The first kappa shape index (κ1) is 21.2. The van der Waals surface area contributed by atoms with Crippen molar-refractivity contribution in [3.8, 4) is 0 Å². The Balaban J connectivity index is 0.00000441. The molecule has 6 heteroatoms. The minimum absolute atomic E-state index is 0. The largest absolute Gasteiger partial charge is 0.356 e. The molecule has 0 heterocycles. The molecule has 4 N–H and O–H groups in total. The second-order valence-corrected chi connectivity index (χ2v) is 6.42. The summed E-state index contributed by atoms with van der Waals surface area (Å²) < 4.78 is 0. The van der Waals surface area contributed by atoms with E-state index in [1.54, 1.807) is 0 Å². The lowest BCUT2D eigenvalue weighted by atomic mass is 9.71. The first-order valence-corrected chi connectivity index (χ1v) is 8.27. The van der Waals surface area contributed by atoms with Crippen molar-refractivity contribution in [1.29, 1.82) is 0 Å². The molecule has 1 atom stereocenters. The summed E-state index contributed by atoms with van der Waals surface area (Å²) >= 11 is 0. The monoisotopic (exact) mass is 333 g/mol. The molecule has 5 nitrogen and oxygen atoms in total. The zero-order valence-electron chi connectivity index (χ0n) is 14.0. The molecule has 0 bridgehead atoms. The van der Waals surface area contributed by atoms with Crippen molar-refractivity contribution >= 4 is 24.2 Å². The highest BCUT2D eigenvalue weighted by molar-refractivity contribution is 5.85.